The summed E-state index contributed by atoms with van der Waals surface area (Å²) in [4.78, 5) is 25.8. The molecule has 1 atom stereocenters. The van der Waals surface area contributed by atoms with Gasteiger partial charge in [0.05, 0.1) is 12.1 Å². The molecule has 0 aromatic heterocycles. The van der Waals surface area contributed by atoms with Gasteiger partial charge in [0.2, 0.25) is 5.91 Å². The van der Waals surface area contributed by atoms with Crippen LogP contribution in [0.25, 0.3) is 0 Å². The summed E-state index contributed by atoms with van der Waals surface area (Å²) in [6.07, 6.45) is -0.950. The van der Waals surface area contributed by atoms with Crippen LogP contribution in [0, 0.1) is 5.82 Å². The van der Waals surface area contributed by atoms with E-state index < -0.39 is 6.10 Å². The van der Waals surface area contributed by atoms with Gasteiger partial charge in [0.1, 0.15) is 11.6 Å². The molecule has 5 nitrogen and oxygen atoms in total. The first-order valence-electron chi connectivity index (χ1n) is 7.58. The Morgan fingerprint density at radius 1 is 1.25 bits per heavy atom. The summed E-state index contributed by atoms with van der Waals surface area (Å²) in [5.41, 5.74) is 1.28. The van der Waals surface area contributed by atoms with Crippen LogP contribution in [0.4, 0.5) is 10.1 Å². The Hall–Kier alpha value is -2.89. The highest BCUT2D eigenvalue weighted by Gasteiger charge is 2.30. The zero-order valence-corrected chi connectivity index (χ0v) is 13.2. The van der Waals surface area contributed by atoms with Crippen LogP contribution in [0.5, 0.6) is 5.75 Å². The minimum absolute atomic E-state index is 0.0774. The van der Waals surface area contributed by atoms with Gasteiger partial charge < -0.3 is 15.0 Å². The van der Waals surface area contributed by atoms with Gasteiger partial charge in [-0.05, 0) is 29.8 Å². The van der Waals surface area contributed by atoms with Gasteiger partial charge in [-0.25, -0.2) is 4.39 Å². The highest BCUT2D eigenvalue weighted by atomic mass is 19.1. The number of fused-ring (bicyclic) bond motifs is 1. The van der Waals surface area contributed by atoms with E-state index in [2.05, 4.69) is 5.32 Å². The number of rotatable bonds is 4. The van der Waals surface area contributed by atoms with Crippen molar-refractivity contribution in [2.45, 2.75) is 19.1 Å². The highest BCUT2D eigenvalue weighted by molar-refractivity contribution is 5.99. The molecule has 0 bridgehead atoms. The van der Waals surface area contributed by atoms with E-state index in [1.54, 1.807) is 43.4 Å². The number of benzene rings is 2. The smallest absolute Gasteiger partial charge is 0.266 e. The fraction of sp³-hybridized carbons (Fsp3) is 0.222. The van der Waals surface area contributed by atoms with Gasteiger partial charge in [0, 0.05) is 13.6 Å². The number of anilines is 1. The third-order valence-electron chi connectivity index (χ3n) is 3.80. The van der Waals surface area contributed by atoms with E-state index in [1.165, 1.54) is 17.0 Å². The van der Waals surface area contributed by atoms with Crippen molar-refractivity contribution >= 4 is 17.5 Å². The molecule has 0 aliphatic carbocycles. The molecule has 0 saturated heterocycles. The lowest BCUT2D eigenvalue weighted by Gasteiger charge is -2.27. The third kappa shape index (κ3) is 3.53. The Kier molecular flexibility index (Phi) is 4.46. The monoisotopic (exact) mass is 328 g/mol. The molecular weight excluding hydrogens is 311 g/mol. The van der Waals surface area contributed by atoms with Gasteiger partial charge in [0.25, 0.3) is 5.91 Å². The second-order valence-corrected chi connectivity index (χ2v) is 5.68. The Labute approximate surface area is 139 Å². The maximum absolute atomic E-state index is 13.2. The summed E-state index contributed by atoms with van der Waals surface area (Å²) in [7, 11) is 1.61. The summed E-state index contributed by atoms with van der Waals surface area (Å²) in [6.45, 7) is 0.265. The molecule has 0 saturated carbocycles. The molecule has 2 aromatic rings. The van der Waals surface area contributed by atoms with Crippen LogP contribution in [-0.4, -0.2) is 29.9 Å². The number of para-hydroxylation sites is 2. The van der Waals surface area contributed by atoms with Crippen molar-refractivity contribution in [3.8, 4) is 5.75 Å². The van der Waals surface area contributed by atoms with Crippen molar-refractivity contribution in [2.24, 2.45) is 0 Å². The summed E-state index contributed by atoms with van der Waals surface area (Å²) in [5.74, 6) is -0.400. The van der Waals surface area contributed by atoms with E-state index >= 15 is 0 Å². The molecule has 0 fully saturated rings. The second-order valence-electron chi connectivity index (χ2n) is 5.68. The van der Waals surface area contributed by atoms with Crippen LogP contribution < -0.4 is 10.1 Å². The Bertz CT molecular complexity index is 778. The molecule has 2 amide bonds. The molecule has 1 aliphatic rings. The van der Waals surface area contributed by atoms with Gasteiger partial charge in [-0.3, -0.25) is 9.59 Å². The van der Waals surface area contributed by atoms with Crippen LogP contribution >= 0.6 is 0 Å². The average molecular weight is 328 g/mol. The Balaban J connectivity index is 1.63. The predicted octanol–water partition coefficient (Wildman–Crippen LogP) is 2.57. The van der Waals surface area contributed by atoms with Crippen molar-refractivity contribution < 1.29 is 18.7 Å². The highest BCUT2D eigenvalue weighted by Crippen LogP contribution is 2.29. The van der Waals surface area contributed by atoms with E-state index in [0.717, 1.165) is 0 Å². The molecule has 2 aromatic carbocycles. The van der Waals surface area contributed by atoms with Crippen molar-refractivity contribution in [1.82, 2.24) is 4.90 Å². The van der Waals surface area contributed by atoms with Crippen molar-refractivity contribution in [2.75, 3.05) is 12.4 Å². The SMILES string of the molecule is CN(Cc1cccc(F)c1)C(=O)CC1Oc2ccccc2NC1=O. The second kappa shape index (κ2) is 6.70. The number of amides is 2. The van der Waals surface area contributed by atoms with Gasteiger partial charge in [0.15, 0.2) is 6.10 Å². The zero-order valence-electron chi connectivity index (χ0n) is 13.2. The first-order valence-corrected chi connectivity index (χ1v) is 7.58. The standard InChI is InChI=1S/C18H17FN2O3/c1-21(11-12-5-4-6-13(19)9-12)17(22)10-16-18(23)20-14-7-2-3-8-15(14)24-16/h2-9,16H,10-11H2,1H3,(H,20,23). The minimum atomic E-state index is -0.873. The third-order valence-corrected chi connectivity index (χ3v) is 3.80. The molecule has 1 unspecified atom stereocenters. The summed E-state index contributed by atoms with van der Waals surface area (Å²) in [6, 6.07) is 13.1. The number of nitrogens with zero attached hydrogens (tertiary/aromatic N) is 1. The quantitative estimate of drug-likeness (QED) is 0.938. The predicted molar refractivity (Wildman–Crippen MR) is 87.0 cm³/mol. The number of carbonyl (C=O) groups is 2. The van der Waals surface area contributed by atoms with Gasteiger partial charge in [-0.1, -0.05) is 24.3 Å². The lowest BCUT2D eigenvalue weighted by atomic mass is 10.1. The molecule has 1 aliphatic heterocycles. The van der Waals surface area contributed by atoms with Gasteiger partial charge >= 0.3 is 0 Å². The number of hydrogen-bond acceptors (Lipinski definition) is 3. The summed E-state index contributed by atoms with van der Waals surface area (Å²) < 4.78 is 18.8. The topological polar surface area (TPSA) is 58.6 Å². The number of nitrogens with one attached hydrogen (secondary N) is 1. The molecule has 0 spiro atoms. The zero-order chi connectivity index (χ0) is 17.1. The van der Waals surface area contributed by atoms with Crippen molar-refractivity contribution in [1.29, 1.82) is 0 Å². The van der Waals surface area contributed by atoms with Crippen LogP contribution in [-0.2, 0) is 16.1 Å². The lowest BCUT2D eigenvalue weighted by molar-refractivity contribution is -0.136. The first-order chi connectivity index (χ1) is 11.5. The molecule has 1 N–H and O–H groups in total. The normalized spacial score (nSPS) is 15.9. The maximum Gasteiger partial charge on any atom is 0.266 e. The minimum Gasteiger partial charge on any atom is -0.478 e. The Morgan fingerprint density at radius 2 is 2.04 bits per heavy atom. The van der Waals surface area contributed by atoms with E-state index in [-0.39, 0.29) is 30.6 Å². The summed E-state index contributed by atoms with van der Waals surface area (Å²) >= 11 is 0. The molecular formula is C18H17FN2O3. The van der Waals surface area contributed by atoms with Crippen LogP contribution in [0.1, 0.15) is 12.0 Å². The molecule has 0 radical (unpaired) electrons. The average Bonchev–Trinajstić information content (AvgIpc) is 2.55. The molecule has 3 rings (SSSR count). The van der Waals surface area contributed by atoms with E-state index in [0.29, 0.717) is 17.0 Å². The van der Waals surface area contributed by atoms with Gasteiger partial charge in [-0.15, -0.1) is 0 Å². The van der Waals surface area contributed by atoms with Crippen LogP contribution in [0.15, 0.2) is 48.5 Å². The number of halogens is 1. The van der Waals surface area contributed by atoms with Crippen LogP contribution in [0.2, 0.25) is 0 Å². The van der Waals surface area contributed by atoms with E-state index in [4.69, 9.17) is 4.74 Å². The number of hydrogen-bond donors (Lipinski definition) is 1. The molecule has 24 heavy (non-hydrogen) atoms. The summed E-state index contributed by atoms with van der Waals surface area (Å²) in [5, 5.41) is 2.73. The molecule has 124 valence electrons. The van der Waals surface area contributed by atoms with Gasteiger partial charge in [-0.2, -0.15) is 0 Å². The fourth-order valence-electron chi connectivity index (χ4n) is 2.54. The van der Waals surface area contributed by atoms with Crippen molar-refractivity contribution in [3.05, 3.63) is 59.9 Å². The molecule has 1 heterocycles. The maximum atomic E-state index is 13.2. The largest absolute Gasteiger partial charge is 0.478 e. The number of ether oxygens (including phenoxy) is 1. The van der Waals surface area contributed by atoms with Crippen LogP contribution in [0.3, 0.4) is 0 Å². The molecule has 6 heteroatoms. The van der Waals surface area contributed by atoms with Crippen molar-refractivity contribution in [3.63, 3.8) is 0 Å². The van der Waals surface area contributed by atoms with E-state index in [1.807, 2.05) is 0 Å². The first kappa shape index (κ1) is 16.0. The fourth-order valence-corrected chi connectivity index (χ4v) is 2.54. The lowest BCUT2D eigenvalue weighted by Crippen LogP contribution is -2.41. The van der Waals surface area contributed by atoms with E-state index in [9.17, 15) is 14.0 Å². The number of carbonyl (C=O) groups excluding carboxylic acids is 2. The Morgan fingerprint density at radius 3 is 2.83 bits per heavy atom.